The van der Waals surface area contributed by atoms with Gasteiger partial charge in [0.1, 0.15) is 11.9 Å². The highest BCUT2D eigenvalue weighted by molar-refractivity contribution is 5.79. The molecule has 0 saturated carbocycles. The van der Waals surface area contributed by atoms with Crippen molar-refractivity contribution in [1.29, 1.82) is 0 Å². The minimum Gasteiger partial charge on any atom is -0.494 e. The molecule has 0 saturated heterocycles. The van der Waals surface area contributed by atoms with Crippen LogP contribution in [0.3, 0.4) is 0 Å². The highest BCUT2D eigenvalue weighted by atomic mass is 16.5. The van der Waals surface area contributed by atoms with Crippen molar-refractivity contribution in [2.45, 2.75) is 33.3 Å². The summed E-state index contributed by atoms with van der Waals surface area (Å²) in [7, 11) is 0. The number of aryl methyl sites for hydroxylation is 1. The van der Waals surface area contributed by atoms with E-state index in [-0.39, 0.29) is 5.91 Å². The molecule has 0 fully saturated rings. The summed E-state index contributed by atoms with van der Waals surface area (Å²) >= 11 is 0. The molecule has 1 rings (SSSR count). The Labute approximate surface area is 108 Å². The first-order valence-corrected chi connectivity index (χ1v) is 6.22. The normalized spacial score (nSPS) is 12.0. The number of amides is 1. The van der Waals surface area contributed by atoms with Crippen LogP contribution in [0.4, 0.5) is 0 Å². The first kappa shape index (κ1) is 14.5. The van der Waals surface area contributed by atoms with Crippen molar-refractivity contribution in [3.05, 3.63) is 29.3 Å². The molecule has 0 spiro atoms. The van der Waals surface area contributed by atoms with Gasteiger partial charge in [0.2, 0.25) is 5.91 Å². The molecular formula is C14H21NO3. The second kappa shape index (κ2) is 7.01. The van der Waals surface area contributed by atoms with Crippen molar-refractivity contribution < 1.29 is 14.6 Å². The van der Waals surface area contributed by atoms with E-state index >= 15 is 0 Å². The van der Waals surface area contributed by atoms with E-state index in [1.54, 1.807) is 0 Å². The number of carbonyl (C=O) groups is 1. The van der Waals surface area contributed by atoms with E-state index in [0.29, 0.717) is 13.2 Å². The highest BCUT2D eigenvalue weighted by Gasteiger charge is 2.07. The van der Waals surface area contributed by atoms with E-state index in [9.17, 15) is 4.79 Å². The van der Waals surface area contributed by atoms with Crippen molar-refractivity contribution in [2.75, 3.05) is 13.2 Å². The lowest BCUT2D eigenvalue weighted by atomic mass is 10.1. The van der Waals surface area contributed by atoms with Gasteiger partial charge >= 0.3 is 0 Å². The highest BCUT2D eigenvalue weighted by Crippen LogP contribution is 2.19. The topological polar surface area (TPSA) is 58.6 Å². The maximum Gasteiger partial charge on any atom is 0.248 e. The Morgan fingerprint density at radius 3 is 2.78 bits per heavy atom. The first-order chi connectivity index (χ1) is 8.54. The molecule has 0 aliphatic rings. The Kier molecular flexibility index (Phi) is 5.65. The largest absolute Gasteiger partial charge is 0.494 e. The van der Waals surface area contributed by atoms with Crippen molar-refractivity contribution >= 4 is 5.91 Å². The van der Waals surface area contributed by atoms with E-state index in [0.717, 1.165) is 23.3 Å². The van der Waals surface area contributed by atoms with Gasteiger partial charge in [0, 0.05) is 6.54 Å². The van der Waals surface area contributed by atoms with Crippen molar-refractivity contribution in [3.8, 4) is 5.75 Å². The van der Waals surface area contributed by atoms with Gasteiger partial charge in [0.05, 0.1) is 6.61 Å². The second-order valence-corrected chi connectivity index (χ2v) is 4.25. The third kappa shape index (κ3) is 4.37. The fraction of sp³-hybridized carbons (Fsp3) is 0.500. The van der Waals surface area contributed by atoms with Crippen LogP contribution in [0.25, 0.3) is 0 Å². The van der Waals surface area contributed by atoms with E-state index in [1.165, 1.54) is 6.92 Å². The standard InChI is InChI=1S/C14H21NO3/c1-4-18-13-6-5-12(9-10(13)2)7-8-15-14(17)11(3)16/h5-6,9,11,16H,4,7-8H2,1-3H3,(H,15,17). The van der Waals surface area contributed by atoms with Gasteiger partial charge in [-0.3, -0.25) is 4.79 Å². The fourth-order valence-corrected chi connectivity index (χ4v) is 1.66. The lowest BCUT2D eigenvalue weighted by molar-refractivity contribution is -0.128. The number of benzene rings is 1. The van der Waals surface area contributed by atoms with E-state index in [4.69, 9.17) is 9.84 Å². The summed E-state index contributed by atoms with van der Waals surface area (Å²) in [4.78, 5) is 11.2. The molecule has 0 aliphatic carbocycles. The average molecular weight is 251 g/mol. The molecule has 1 aromatic carbocycles. The zero-order valence-electron chi connectivity index (χ0n) is 11.2. The first-order valence-electron chi connectivity index (χ1n) is 6.22. The van der Waals surface area contributed by atoms with Crippen LogP contribution in [-0.2, 0) is 11.2 Å². The van der Waals surface area contributed by atoms with Crippen molar-refractivity contribution in [2.24, 2.45) is 0 Å². The van der Waals surface area contributed by atoms with E-state index < -0.39 is 6.10 Å². The number of aliphatic hydroxyl groups is 1. The molecule has 1 atom stereocenters. The minimum absolute atomic E-state index is 0.336. The molecule has 0 radical (unpaired) electrons. The molecule has 4 heteroatoms. The maximum absolute atomic E-state index is 11.2. The van der Waals surface area contributed by atoms with Crippen LogP contribution < -0.4 is 10.1 Å². The van der Waals surface area contributed by atoms with Gasteiger partial charge < -0.3 is 15.2 Å². The third-order valence-electron chi connectivity index (χ3n) is 2.63. The van der Waals surface area contributed by atoms with Gasteiger partial charge in [-0.2, -0.15) is 0 Å². The van der Waals surface area contributed by atoms with Crippen LogP contribution in [0.15, 0.2) is 18.2 Å². The van der Waals surface area contributed by atoms with Crippen LogP contribution in [0.2, 0.25) is 0 Å². The average Bonchev–Trinajstić information content (AvgIpc) is 2.32. The molecule has 1 amide bonds. The fourth-order valence-electron chi connectivity index (χ4n) is 1.66. The number of carbonyl (C=O) groups excluding carboxylic acids is 1. The number of hydrogen-bond donors (Lipinski definition) is 2. The third-order valence-corrected chi connectivity index (χ3v) is 2.63. The summed E-state index contributed by atoms with van der Waals surface area (Å²) in [5.41, 5.74) is 2.23. The number of hydrogen-bond acceptors (Lipinski definition) is 3. The summed E-state index contributed by atoms with van der Waals surface area (Å²) < 4.78 is 5.46. The van der Waals surface area contributed by atoms with Crippen LogP contribution in [0, 0.1) is 6.92 Å². The van der Waals surface area contributed by atoms with Gasteiger partial charge in [-0.1, -0.05) is 12.1 Å². The Hall–Kier alpha value is -1.55. The monoisotopic (exact) mass is 251 g/mol. The predicted octanol–water partition coefficient (Wildman–Crippen LogP) is 1.43. The number of nitrogens with one attached hydrogen (secondary N) is 1. The van der Waals surface area contributed by atoms with Crippen molar-refractivity contribution in [1.82, 2.24) is 5.32 Å². The molecule has 0 aromatic heterocycles. The summed E-state index contributed by atoms with van der Waals surface area (Å²) in [5, 5.41) is 11.7. The van der Waals surface area contributed by atoms with E-state index in [1.807, 2.05) is 26.0 Å². The molecule has 1 unspecified atom stereocenters. The summed E-state index contributed by atoms with van der Waals surface area (Å²) in [5.74, 6) is 0.562. The molecule has 1 aromatic rings. The smallest absolute Gasteiger partial charge is 0.248 e. The minimum atomic E-state index is -0.952. The number of rotatable bonds is 6. The Morgan fingerprint density at radius 1 is 1.50 bits per heavy atom. The Bertz CT molecular complexity index is 402. The van der Waals surface area contributed by atoms with Crippen LogP contribution in [0.1, 0.15) is 25.0 Å². The molecule has 0 bridgehead atoms. The number of aliphatic hydroxyl groups excluding tert-OH is 1. The molecule has 0 aliphatic heterocycles. The lowest BCUT2D eigenvalue weighted by Crippen LogP contribution is -2.33. The zero-order valence-corrected chi connectivity index (χ0v) is 11.2. The Morgan fingerprint density at radius 2 is 2.22 bits per heavy atom. The molecule has 0 heterocycles. The predicted molar refractivity (Wildman–Crippen MR) is 70.7 cm³/mol. The van der Waals surface area contributed by atoms with Crippen LogP contribution >= 0.6 is 0 Å². The zero-order chi connectivity index (χ0) is 13.5. The molecule has 18 heavy (non-hydrogen) atoms. The van der Waals surface area contributed by atoms with Crippen molar-refractivity contribution in [3.63, 3.8) is 0 Å². The molecule has 2 N–H and O–H groups in total. The van der Waals surface area contributed by atoms with Gasteiger partial charge in [-0.05, 0) is 44.4 Å². The van der Waals surface area contributed by atoms with Crippen LogP contribution in [-0.4, -0.2) is 30.3 Å². The van der Waals surface area contributed by atoms with Gasteiger partial charge in [0.25, 0.3) is 0 Å². The number of ether oxygens (including phenoxy) is 1. The quantitative estimate of drug-likeness (QED) is 0.804. The van der Waals surface area contributed by atoms with Gasteiger partial charge in [-0.25, -0.2) is 0 Å². The van der Waals surface area contributed by atoms with Gasteiger partial charge in [-0.15, -0.1) is 0 Å². The Balaban J connectivity index is 2.48. The molecule has 100 valence electrons. The molecule has 4 nitrogen and oxygen atoms in total. The summed E-state index contributed by atoms with van der Waals surface area (Å²) in [6.07, 6.45) is -0.210. The summed E-state index contributed by atoms with van der Waals surface area (Å²) in [6.45, 7) is 6.60. The van der Waals surface area contributed by atoms with E-state index in [2.05, 4.69) is 11.4 Å². The van der Waals surface area contributed by atoms with Gasteiger partial charge in [0.15, 0.2) is 0 Å². The maximum atomic E-state index is 11.2. The second-order valence-electron chi connectivity index (χ2n) is 4.25. The lowest BCUT2D eigenvalue weighted by Gasteiger charge is -2.10. The summed E-state index contributed by atoms with van der Waals surface area (Å²) in [6, 6.07) is 6.00. The van der Waals surface area contributed by atoms with Crippen LogP contribution in [0.5, 0.6) is 5.75 Å². The molecular weight excluding hydrogens is 230 g/mol. The SMILES string of the molecule is CCOc1ccc(CCNC(=O)C(C)O)cc1C.